The predicted molar refractivity (Wildman–Crippen MR) is 183 cm³/mol. The second kappa shape index (κ2) is 10.4. The van der Waals surface area contributed by atoms with Crippen molar-refractivity contribution in [1.29, 1.82) is 0 Å². The van der Waals surface area contributed by atoms with Gasteiger partial charge >= 0.3 is 264 Å². The third-order valence-corrected chi connectivity index (χ3v) is 32.7. The van der Waals surface area contributed by atoms with Crippen molar-refractivity contribution in [2.45, 2.75) is 35.7 Å². The van der Waals surface area contributed by atoms with Crippen LogP contribution < -0.4 is 0 Å². The van der Waals surface area contributed by atoms with E-state index in [-0.39, 0.29) is 0 Å². The van der Waals surface area contributed by atoms with Gasteiger partial charge in [0.15, 0.2) is 0 Å². The van der Waals surface area contributed by atoms with E-state index in [9.17, 15) is 0 Å². The average molecular weight is 737 g/mol. The molecule has 0 radical (unpaired) electrons. The van der Waals surface area contributed by atoms with Crippen LogP contribution in [-0.2, 0) is 26.4 Å². The van der Waals surface area contributed by atoms with E-state index >= 15 is 0 Å². The molecule has 5 aromatic carbocycles. The summed E-state index contributed by atoms with van der Waals surface area (Å²) >= 11 is -3.07. The SMILES string of the molecule is C[Si]1(CCc2ccccc2)C2=Cc3c(-c4ccccc4)cccc3[CH]2[Hf]([CH3])([CH3])[CH]2C1=Cc1c(-c3ccccc3)cccc12. The van der Waals surface area contributed by atoms with E-state index in [2.05, 4.69) is 155 Å². The number of fused-ring (bicyclic) bond motifs is 6. The Bertz CT molecular complexity index is 1790. The van der Waals surface area contributed by atoms with Gasteiger partial charge in [-0.25, -0.2) is 0 Å². The van der Waals surface area contributed by atoms with E-state index in [1.54, 1.807) is 11.1 Å². The molecule has 3 aliphatic rings. The first kappa shape index (κ1) is 27.2. The molecule has 2 heteroatoms. The molecule has 2 atom stereocenters. The number of hydrogen-bond acceptors (Lipinski definition) is 0. The normalized spacial score (nSPS) is 22.6. The van der Waals surface area contributed by atoms with Gasteiger partial charge in [0.1, 0.15) is 0 Å². The molecule has 0 aromatic heterocycles. The molecule has 1 fully saturated rings. The molecular formula is C41H38HfSi. The molecule has 2 aliphatic carbocycles. The van der Waals surface area contributed by atoms with Gasteiger partial charge in [0, 0.05) is 0 Å². The van der Waals surface area contributed by atoms with E-state index in [4.69, 9.17) is 0 Å². The Hall–Kier alpha value is -3.33. The third kappa shape index (κ3) is 4.24. The summed E-state index contributed by atoms with van der Waals surface area (Å²) in [4.78, 5) is 0. The van der Waals surface area contributed by atoms with E-state index in [1.807, 2.05) is 10.4 Å². The zero-order chi connectivity index (χ0) is 29.2. The van der Waals surface area contributed by atoms with Crippen LogP contribution in [0, 0.1) is 0 Å². The Morgan fingerprint density at radius 3 is 1.44 bits per heavy atom. The molecule has 1 saturated heterocycles. The summed E-state index contributed by atoms with van der Waals surface area (Å²) in [6.07, 6.45) is 6.59. The average Bonchev–Trinajstić information content (AvgIpc) is 3.66. The summed E-state index contributed by atoms with van der Waals surface area (Å²) in [5.41, 5.74) is 13.3. The van der Waals surface area contributed by atoms with Crippen LogP contribution in [0.15, 0.2) is 138 Å². The molecule has 1 aliphatic heterocycles. The topological polar surface area (TPSA) is 0 Å². The first-order valence-corrected chi connectivity index (χ1v) is 29.9. The van der Waals surface area contributed by atoms with Crippen LogP contribution in [0.5, 0.6) is 0 Å². The van der Waals surface area contributed by atoms with Crippen molar-refractivity contribution < 1.29 is 20.0 Å². The number of benzene rings is 5. The van der Waals surface area contributed by atoms with Gasteiger partial charge in [-0.1, -0.05) is 0 Å². The van der Waals surface area contributed by atoms with Crippen LogP contribution in [0.4, 0.5) is 0 Å². The van der Waals surface area contributed by atoms with Crippen molar-refractivity contribution in [3.05, 3.63) is 166 Å². The summed E-state index contributed by atoms with van der Waals surface area (Å²) in [7, 11) is -2.03. The number of aryl methyl sites for hydroxylation is 1. The summed E-state index contributed by atoms with van der Waals surface area (Å²) in [5.74, 6) is 0. The van der Waals surface area contributed by atoms with Gasteiger partial charge in [-0.2, -0.15) is 0 Å². The molecule has 0 bridgehead atoms. The first-order valence-electron chi connectivity index (χ1n) is 15.8. The summed E-state index contributed by atoms with van der Waals surface area (Å²) in [6, 6.07) is 49.0. The fourth-order valence-corrected chi connectivity index (χ4v) is 41.1. The van der Waals surface area contributed by atoms with E-state index < -0.39 is 28.0 Å². The van der Waals surface area contributed by atoms with Gasteiger partial charge in [0.25, 0.3) is 0 Å². The minimum atomic E-state index is -3.07. The summed E-state index contributed by atoms with van der Waals surface area (Å²) in [6.45, 7) is 2.73. The van der Waals surface area contributed by atoms with E-state index in [0.717, 1.165) is 6.42 Å². The molecule has 210 valence electrons. The summed E-state index contributed by atoms with van der Waals surface area (Å²) < 4.78 is 6.85. The van der Waals surface area contributed by atoms with Crippen LogP contribution in [0.2, 0.25) is 22.0 Å². The van der Waals surface area contributed by atoms with Gasteiger partial charge in [-0.15, -0.1) is 0 Å². The van der Waals surface area contributed by atoms with Gasteiger partial charge in [0.05, 0.1) is 0 Å². The Labute approximate surface area is 262 Å². The van der Waals surface area contributed by atoms with Crippen molar-refractivity contribution >= 4 is 20.2 Å². The van der Waals surface area contributed by atoms with Crippen LogP contribution in [0.1, 0.15) is 35.2 Å². The van der Waals surface area contributed by atoms with Crippen molar-refractivity contribution in [3.8, 4) is 22.3 Å². The van der Waals surface area contributed by atoms with Crippen LogP contribution in [0.3, 0.4) is 0 Å². The maximum atomic E-state index is 2.78. The Morgan fingerprint density at radius 1 is 0.535 bits per heavy atom. The monoisotopic (exact) mass is 738 g/mol. The standard InChI is InChI=1S/C39H32Si.2CH3.Hf/c1-40(24-23-29-13-5-2-6-14-29,34-25-32-19-11-21-36(38(32)27-34)30-15-7-3-8-16-30)35-26-33-20-12-22-37(39(33)28-35)31-17-9-4-10-18-31;;;/h2-22,25-28H,23-24H2,1H3;2*1H3;. The van der Waals surface area contributed by atoms with Crippen molar-refractivity contribution in [2.24, 2.45) is 0 Å². The fraction of sp³-hybridized carbons (Fsp3) is 0.171. The molecule has 0 spiro atoms. The molecule has 8 rings (SSSR count). The minimum absolute atomic E-state index is 0.645. The van der Waals surface area contributed by atoms with Crippen molar-refractivity contribution in [3.63, 3.8) is 0 Å². The molecule has 0 nitrogen and oxygen atoms in total. The Morgan fingerprint density at radius 2 is 0.977 bits per heavy atom. The molecule has 5 aromatic rings. The third-order valence-electron chi connectivity index (χ3n) is 10.8. The van der Waals surface area contributed by atoms with Gasteiger partial charge in [-0.05, 0) is 0 Å². The number of hydrogen-bond donors (Lipinski definition) is 0. The quantitative estimate of drug-likeness (QED) is 0.158. The predicted octanol–water partition coefficient (Wildman–Crippen LogP) is 11.3. The van der Waals surface area contributed by atoms with E-state index in [1.165, 1.54) is 45.0 Å². The number of rotatable bonds is 5. The molecule has 0 amide bonds. The van der Waals surface area contributed by atoms with Gasteiger partial charge in [0.2, 0.25) is 0 Å². The second-order valence-electron chi connectivity index (χ2n) is 13.6. The van der Waals surface area contributed by atoms with Crippen LogP contribution in [-0.4, -0.2) is 8.07 Å². The van der Waals surface area contributed by atoms with Crippen LogP contribution >= 0.6 is 0 Å². The fourth-order valence-electron chi connectivity index (χ4n) is 8.76. The first-order chi connectivity index (χ1) is 21.0. The molecule has 0 N–H and O–H groups in total. The summed E-state index contributed by atoms with van der Waals surface area (Å²) in [5, 5.41) is 3.68. The van der Waals surface area contributed by atoms with E-state index in [0.29, 0.717) is 7.35 Å². The molecule has 2 unspecified atom stereocenters. The molecular weight excluding hydrogens is 699 g/mol. The second-order valence-corrected chi connectivity index (χ2v) is 35.1. The van der Waals surface area contributed by atoms with Crippen molar-refractivity contribution in [2.75, 3.05) is 0 Å². The zero-order valence-electron chi connectivity index (χ0n) is 25.3. The Kier molecular flexibility index (Phi) is 6.58. The molecule has 0 saturated carbocycles. The maximum absolute atomic E-state index is 3.07. The van der Waals surface area contributed by atoms with Gasteiger partial charge in [-0.3, -0.25) is 0 Å². The molecule has 43 heavy (non-hydrogen) atoms. The van der Waals surface area contributed by atoms with Crippen LogP contribution in [0.25, 0.3) is 34.4 Å². The molecule has 1 heterocycles. The van der Waals surface area contributed by atoms with Crippen molar-refractivity contribution in [1.82, 2.24) is 0 Å². The van der Waals surface area contributed by atoms with Gasteiger partial charge < -0.3 is 0 Å². The zero-order valence-corrected chi connectivity index (χ0v) is 29.9. The Balaban J connectivity index is 1.35. The number of allylic oxidation sites excluding steroid dienone is 2.